The molecule has 2 aromatic rings. The normalized spacial score (nSPS) is 12.6. The first kappa shape index (κ1) is 20.9. The Morgan fingerprint density at radius 3 is 2.44 bits per heavy atom. The van der Waals surface area contributed by atoms with E-state index < -0.39 is 16.1 Å². The number of nitrogens with zero attached hydrogens (tertiary/aromatic N) is 1. The van der Waals surface area contributed by atoms with Gasteiger partial charge in [0.1, 0.15) is 11.8 Å². The first-order chi connectivity index (χ1) is 12.8. The first-order valence-electron chi connectivity index (χ1n) is 8.65. The molecule has 0 saturated heterocycles. The van der Waals surface area contributed by atoms with Gasteiger partial charge in [-0.1, -0.05) is 19.9 Å². The molecule has 8 heteroatoms. The quantitative estimate of drug-likeness (QED) is 0.682. The molecule has 1 amide bonds. The summed E-state index contributed by atoms with van der Waals surface area (Å²) in [5.74, 6) is 0.323. The van der Waals surface area contributed by atoms with Crippen LogP contribution in [0.15, 0.2) is 53.7 Å². The van der Waals surface area contributed by atoms with E-state index in [1.807, 2.05) is 19.9 Å². The fourth-order valence-electron chi connectivity index (χ4n) is 2.51. The zero-order valence-electron chi connectivity index (χ0n) is 15.7. The maximum atomic E-state index is 12.7. The summed E-state index contributed by atoms with van der Waals surface area (Å²) in [7, 11) is -2.33. The monoisotopic (exact) mass is 391 g/mol. The van der Waals surface area contributed by atoms with Crippen molar-refractivity contribution in [1.29, 1.82) is 0 Å². The Balaban J connectivity index is 2.10. The number of nitrogens with one attached hydrogen (secondary N) is 2. The van der Waals surface area contributed by atoms with Gasteiger partial charge >= 0.3 is 0 Å². The molecule has 7 nitrogen and oxygen atoms in total. The van der Waals surface area contributed by atoms with Crippen LogP contribution in [-0.2, 0) is 21.4 Å². The van der Waals surface area contributed by atoms with Crippen molar-refractivity contribution in [3.05, 3.63) is 54.4 Å². The predicted molar refractivity (Wildman–Crippen MR) is 103 cm³/mol. The largest absolute Gasteiger partial charge is 0.497 e. The Kier molecular flexibility index (Phi) is 7.32. The SMILES string of the molecule is COc1ccc(S(=O)(=O)N[C@@H](CC(C)C)C(=O)NCc2cccnc2)cc1. The Labute approximate surface area is 160 Å². The van der Waals surface area contributed by atoms with Gasteiger partial charge in [0.2, 0.25) is 15.9 Å². The molecular formula is C19H25N3O4S. The van der Waals surface area contributed by atoms with Crippen molar-refractivity contribution >= 4 is 15.9 Å². The summed E-state index contributed by atoms with van der Waals surface area (Å²) in [6, 6.07) is 8.77. The van der Waals surface area contributed by atoms with Crippen molar-refractivity contribution in [3.63, 3.8) is 0 Å². The number of carbonyl (C=O) groups excluding carboxylic acids is 1. The predicted octanol–water partition coefficient (Wildman–Crippen LogP) is 2.10. The van der Waals surface area contributed by atoms with Crippen molar-refractivity contribution in [2.75, 3.05) is 7.11 Å². The van der Waals surface area contributed by atoms with Crippen molar-refractivity contribution in [2.45, 2.75) is 37.8 Å². The number of pyridine rings is 1. The number of methoxy groups -OCH3 is 1. The molecule has 0 aliphatic rings. The standard InChI is InChI=1S/C19H25N3O4S/c1-14(2)11-18(19(23)21-13-15-5-4-10-20-12-15)22-27(24,25)17-8-6-16(26-3)7-9-17/h4-10,12,14,18,22H,11,13H2,1-3H3,(H,21,23)/t18-/m0/s1. The number of aromatic nitrogens is 1. The van der Waals surface area contributed by atoms with Gasteiger partial charge in [-0.05, 0) is 48.2 Å². The number of carbonyl (C=O) groups is 1. The minimum absolute atomic E-state index is 0.0807. The molecule has 1 atom stereocenters. The lowest BCUT2D eigenvalue weighted by atomic mass is 10.0. The lowest BCUT2D eigenvalue weighted by Gasteiger charge is -2.20. The van der Waals surface area contributed by atoms with Crippen LogP contribution < -0.4 is 14.8 Å². The van der Waals surface area contributed by atoms with Gasteiger partial charge in [-0.15, -0.1) is 0 Å². The molecule has 2 rings (SSSR count). The second-order valence-electron chi connectivity index (χ2n) is 6.56. The van der Waals surface area contributed by atoms with Crippen LogP contribution in [-0.4, -0.2) is 32.5 Å². The fourth-order valence-corrected chi connectivity index (χ4v) is 3.71. The third-order valence-electron chi connectivity index (χ3n) is 3.88. The molecule has 0 saturated carbocycles. The number of amides is 1. The summed E-state index contributed by atoms with van der Waals surface area (Å²) in [4.78, 5) is 16.7. The first-order valence-corrected chi connectivity index (χ1v) is 10.1. The van der Waals surface area contributed by atoms with Crippen molar-refractivity contribution in [2.24, 2.45) is 5.92 Å². The van der Waals surface area contributed by atoms with Gasteiger partial charge in [-0.2, -0.15) is 4.72 Å². The highest BCUT2D eigenvalue weighted by Gasteiger charge is 2.26. The van der Waals surface area contributed by atoms with Crippen LogP contribution >= 0.6 is 0 Å². The van der Waals surface area contributed by atoms with Crippen LogP contribution in [0, 0.1) is 5.92 Å². The number of rotatable bonds is 9. The Bertz CT molecular complexity index is 837. The van der Waals surface area contributed by atoms with E-state index >= 15 is 0 Å². The van der Waals surface area contributed by atoms with E-state index in [0.717, 1.165) is 5.56 Å². The molecular weight excluding hydrogens is 366 g/mol. The average Bonchev–Trinajstić information content (AvgIpc) is 2.66. The minimum Gasteiger partial charge on any atom is -0.497 e. The second-order valence-corrected chi connectivity index (χ2v) is 8.27. The summed E-state index contributed by atoms with van der Waals surface area (Å²) < 4.78 is 32.9. The third-order valence-corrected chi connectivity index (χ3v) is 5.37. The average molecular weight is 391 g/mol. The molecule has 0 fully saturated rings. The number of sulfonamides is 1. The Morgan fingerprint density at radius 2 is 1.89 bits per heavy atom. The van der Waals surface area contributed by atoms with E-state index in [1.165, 1.54) is 19.2 Å². The zero-order valence-corrected chi connectivity index (χ0v) is 16.5. The summed E-state index contributed by atoms with van der Waals surface area (Å²) in [5, 5.41) is 2.77. The Morgan fingerprint density at radius 1 is 1.19 bits per heavy atom. The summed E-state index contributed by atoms with van der Waals surface area (Å²) in [6.45, 7) is 4.15. The van der Waals surface area contributed by atoms with Gasteiger partial charge in [0, 0.05) is 18.9 Å². The van der Waals surface area contributed by atoms with Crippen LogP contribution in [0.4, 0.5) is 0 Å². The van der Waals surface area contributed by atoms with Crippen LogP contribution in [0.1, 0.15) is 25.8 Å². The maximum Gasteiger partial charge on any atom is 0.241 e. The van der Waals surface area contributed by atoms with E-state index in [-0.39, 0.29) is 23.3 Å². The van der Waals surface area contributed by atoms with Crippen LogP contribution in [0.2, 0.25) is 0 Å². The molecule has 1 heterocycles. The third kappa shape index (κ3) is 6.33. The van der Waals surface area contributed by atoms with Crippen LogP contribution in [0.5, 0.6) is 5.75 Å². The highest BCUT2D eigenvalue weighted by molar-refractivity contribution is 7.89. The Hall–Kier alpha value is -2.45. The lowest BCUT2D eigenvalue weighted by Crippen LogP contribution is -2.47. The van der Waals surface area contributed by atoms with Crippen LogP contribution in [0.25, 0.3) is 0 Å². The maximum absolute atomic E-state index is 12.7. The zero-order chi connectivity index (χ0) is 19.9. The molecule has 0 aliphatic heterocycles. The van der Waals surface area contributed by atoms with Gasteiger partial charge in [-0.25, -0.2) is 8.42 Å². The smallest absolute Gasteiger partial charge is 0.241 e. The van der Waals surface area contributed by atoms with E-state index in [9.17, 15) is 13.2 Å². The molecule has 146 valence electrons. The van der Waals surface area contributed by atoms with E-state index in [4.69, 9.17) is 4.74 Å². The molecule has 0 unspecified atom stereocenters. The highest BCUT2D eigenvalue weighted by atomic mass is 32.2. The van der Waals surface area contributed by atoms with Gasteiger partial charge in [0.15, 0.2) is 0 Å². The molecule has 1 aromatic carbocycles. The van der Waals surface area contributed by atoms with Crippen LogP contribution in [0.3, 0.4) is 0 Å². The molecule has 0 radical (unpaired) electrons. The fraction of sp³-hybridized carbons (Fsp3) is 0.368. The molecule has 27 heavy (non-hydrogen) atoms. The van der Waals surface area contributed by atoms with Crippen molar-refractivity contribution in [3.8, 4) is 5.75 Å². The highest BCUT2D eigenvalue weighted by Crippen LogP contribution is 2.17. The summed E-state index contributed by atoms with van der Waals surface area (Å²) in [6.07, 6.45) is 3.68. The van der Waals surface area contributed by atoms with Gasteiger partial charge in [-0.3, -0.25) is 9.78 Å². The molecule has 0 bridgehead atoms. The van der Waals surface area contributed by atoms with Crippen molar-refractivity contribution in [1.82, 2.24) is 15.0 Å². The van der Waals surface area contributed by atoms with E-state index in [1.54, 1.807) is 30.6 Å². The number of benzene rings is 1. The summed E-state index contributed by atoms with van der Waals surface area (Å²) >= 11 is 0. The topological polar surface area (TPSA) is 97.4 Å². The van der Waals surface area contributed by atoms with Crippen molar-refractivity contribution < 1.29 is 17.9 Å². The van der Waals surface area contributed by atoms with E-state index in [0.29, 0.717) is 12.2 Å². The number of ether oxygens (including phenoxy) is 1. The lowest BCUT2D eigenvalue weighted by molar-refractivity contribution is -0.123. The number of hydrogen-bond acceptors (Lipinski definition) is 5. The second kappa shape index (κ2) is 9.48. The minimum atomic E-state index is -3.84. The molecule has 2 N–H and O–H groups in total. The molecule has 1 aromatic heterocycles. The van der Waals surface area contributed by atoms with Gasteiger partial charge in [0.25, 0.3) is 0 Å². The van der Waals surface area contributed by atoms with Gasteiger partial charge in [0.05, 0.1) is 12.0 Å². The van der Waals surface area contributed by atoms with E-state index in [2.05, 4.69) is 15.0 Å². The molecule has 0 spiro atoms. The molecule has 0 aliphatic carbocycles. The number of hydrogen-bond donors (Lipinski definition) is 2. The summed E-state index contributed by atoms with van der Waals surface area (Å²) in [5.41, 5.74) is 0.840. The van der Waals surface area contributed by atoms with Gasteiger partial charge < -0.3 is 10.1 Å².